The summed E-state index contributed by atoms with van der Waals surface area (Å²) in [5, 5.41) is 0.794. The molecule has 0 amide bonds. The molecular formula is C9H10Cl. The summed E-state index contributed by atoms with van der Waals surface area (Å²) < 4.78 is 0. The van der Waals surface area contributed by atoms with E-state index in [1.54, 1.807) is 0 Å². The summed E-state index contributed by atoms with van der Waals surface area (Å²) in [5.41, 5.74) is 3.40. The number of hydrogen-bond acceptors (Lipinski definition) is 0. The molecule has 10 heavy (non-hydrogen) atoms. The van der Waals surface area contributed by atoms with Crippen LogP contribution >= 0.6 is 11.6 Å². The van der Waals surface area contributed by atoms with E-state index in [0.29, 0.717) is 0 Å². The van der Waals surface area contributed by atoms with Crippen molar-refractivity contribution in [3.8, 4) is 0 Å². The lowest BCUT2D eigenvalue weighted by atomic mass is 10.1. The molecule has 0 saturated heterocycles. The molecule has 0 heterocycles. The van der Waals surface area contributed by atoms with Crippen LogP contribution in [0.5, 0.6) is 0 Å². The summed E-state index contributed by atoms with van der Waals surface area (Å²) in [4.78, 5) is 0. The highest BCUT2D eigenvalue weighted by molar-refractivity contribution is 6.30. The third-order valence-corrected chi connectivity index (χ3v) is 1.88. The molecule has 0 aliphatic heterocycles. The molecule has 1 aromatic carbocycles. The Labute approximate surface area is 66.8 Å². The summed E-state index contributed by atoms with van der Waals surface area (Å²) in [6.07, 6.45) is 0. The lowest BCUT2D eigenvalue weighted by Gasteiger charge is -2.03. The summed E-state index contributed by atoms with van der Waals surface area (Å²) in [5.74, 6) is 0. The van der Waals surface area contributed by atoms with E-state index in [-0.39, 0.29) is 0 Å². The summed E-state index contributed by atoms with van der Waals surface area (Å²) >= 11 is 5.79. The Hall–Kier alpha value is -0.490. The highest BCUT2D eigenvalue weighted by Crippen LogP contribution is 2.18. The minimum absolute atomic E-state index is 0.794. The summed E-state index contributed by atoms with van der Waals surface area (Å²) in [6, 6.07) is 3.85. The van der Waals surface area contributed by atoms with E-state index in [1.807, 2.05) is 26.0 Å². The molecule has 0 fully saturated rings. The second kappa shape index (κ2) is 2.63. The van der Waals surface area contributed by atoms with Crippen molar-refractivity contribution in [2.75, 3.05) is 0 Å². The smallest absolute Gasteiger partial charge is 0.0411 e. The molecule has 0 aliphatic carbocycles. The molecule has 0 atom stereocenters. The first-order valence-electron chi connectivity index (χ1n) is 3.20. The van der Waals surface area contributed by atoms with E-state index in [1.165, 1.54) is 0 Å². The maximum absolute atomic E-state index is 5.79. The summed E-state index contributed by atoms with van der Waals surface area (Å²) in [7, 11) is 0. The van der Waals surface area contributed by atoms with Crippen molar-refractivity contribution >= 4 is 11.6 Å². The van der Waals surface area contributed by atoms with Gasteiger partial charge in [0.2, 0.25) is 0 Å². The van der Waals surface area contributed by atoms with Gasteiger partial charge in [-0.15, -0.1) is 0 Å². The Morgan fingerprint density at radius 2 is 1.60 bits per heavy atom. The first-order chi connectivity index (χ1) is 4.61. The third-order valence-electron chi connectivity index (χ3n) is 1.66. The monoisotopic (exact) mass is 153 g/mol. The van der Waals surface area contributed by atoms with Gasteiger partial charge in [-0.3, -0.25) is 0 Å². The predicted molar refractivity (Wildman–Crippen MR) is 45.4 cm³/mol. The predicted octanol–water partition coefficient (Wildman–Crippen LogP) is 3.14. The zero-order chi connectivity index (χ0) is 7.72. The van der Waals surface area contributed by atoms with Gasteiger partial charge in [0.05, 0.1) is 0 Å². The van der Waals surface area contributed by atoms with E-state index in [2.05, 4.69) is 6.92 Å². The zero-order valence-corrected chi connectivity index (χ0v) is 7.00. The Bertz CT molecular complexity index is 228. The van der Waals surface area contributed by atoms with Crippen LogP contribution in [0.2, 0.25) is 5.02 Å². The quantitative estimate of drug-likeness (QED) is 0.537. The second-order valence-electron chi connectivity index (χ2n) is 2.52. The second-order valence-corrected chi connectivity index (χ2v) is 2.95. The Morgan fingerprint density at radius 3 is 2.00 bits per heavy atom. The number of benzene rings is 1. The van der Waals surface area contributed by atoms with E-state index in [9.17, 15) is 0 Å². The van der Waals surface area contributed by atoms with Gasteiger partial charge < -0.3 is 0 Å². The van der Waals surface area contributed by atoms with E-state index >= 15 is 0 Å². The molecule has 53 valence electrons. The normalized spacial score (nSPS) is 10.0. The lowest BCUT2D eigenvalue weighted by Crippen LogP contribution is -1.84. The molecule has 1 radical (unpaired) electrons. The number of halogens is 1. The van der Waals surface area contributed by atoms with Gasteiger partial charge in [-0.25, -0.2) is 0 Å². The fraction of sp³-hybridized carbons (Fsp3) is 0.222. The van der Waals surface area contributed by atoms with Crippen molar-refractivity contribution in [1.82, 2.24) is 0 Å². The summed E-state index contributed by atoms with van der Waals surface area (Å²) in [6.45, 7) is 7.93. The SMILES string of the molecule is [CH2]c1c(C)cc(Cl)cc1C. The molecule has 1 aromatic rings. The lowest BCUT2D eigenvalue weighted by molar-refractivity contribution is 1.33. The van der Waals surface area contributed by atoms with Gasteiger partial charge in [0.1, 0.15) is 0 Å². The van der Waals surface area contributed by atoms with Gasteiger partial charge in [0.25, 0.3) is 0 Å². The maximum Gasteiger partial charge on any atom is 0.0411 e. The van der Waals surface area contributed by atoms with Crippen LogP contribution in [0.25, 0.3) is 0 Å². The Morgan fingerprint density at radius 1 is 1.20 bits per heavy atom. The standard InChI is InChI=1S/C9H10Cl/c1-6-4-9(10)5-7(2)8(6)3/h4-5H,3H2,1-2H3. The van der Waals surface area contributed by atoms with Crippen LogP contribution < -0.4 is 0 Å². The molecule has 1 rings (SSSR count). The highest BCUT2D eigenvalue weighted by atomic mass is 35.5. The largest absolute Gasteiger partial charge is 0.0843 e. The first-order valence-corrected chi connectivity index (χ1v) is 3.58. The topological polar surface area (TPSA) is 0 Å². The van der Waals surface area contributed by atoms with Gasteiger partial charge >= 0.3 is 0 Å². The average molecular weight is 154 g/mol. The Balaban J connectivity index is 3.31. The molecule has 0 aliphatic rings. The Kier molecular flexibility index (Phi) is 2.00. The van der Waals surface area contributed by atoms with Crippen molar-refractivity contribution in [3.05, 3.63) is 40.8 Å². The average Bonchev–Trinajstić information content (AvgIpc) is 1.82. The van der Waals surface area contributed by atoms with E-state index < -0.39 is 0 Å². The molecule has 0 aromatic heterocycles. The van der Waals surface area contributed by atoms with E-state index in [0.717, 1.165) is 21.7 Å². The maximum atomic E-state index is 5.79. The van der Waals surface area contributed by atoms with Crippen LogP contribution in [-0.2, 0) is 0 Å². The van der Waals surface area contributed by atoms with Crippen LogP contribution in [0.3, 0.4) is 0 Å². The molecule has 0 nitrogen and oxygen atoms in total. The fourth-order valence-corrected chi connectivity index (χ4v) is 1.27. The van der Waals surface area contributed by atoms with Crippen LogP contribution in [0.1, 0.15) is 16.7 Å². The number of aryl methyl sites for hydroxylation is 2. The first kappa shape index (κ1) is 7.62. The molecule has 0 bridgehead atoms. The molecule has 0 saturated carbocycles. The minimum atomic E-state index is 0.794. The van der Waals surface area contributed by atoms with Gasteiger partial charge in [-0.1, -0.05) is 11.6 Å². The van der Waals surface area contributed by atoms with Crippen LogP contribution in [-0.4, -0.2) is 0 Å². The van der Waals surface area contributed by atoms with Crippen molar-refractivity contribution in [3.63, 3.8) is 0 Å². The highest BCUT2D eigenvalue weighted by Gasteiger charge is 1.97. The van der Waals surface area contributed by atoms with Crippen LogP contribution in [0, 0.1) is 20.8 Å². The molecule has 1 heteroatoms. The van der Waals surface area contributed by atoms with Crippen molar-refractivity contribution < 1.29 is 0 Å². The van der Waals surface area contributed by atoms with Crippen LogP contribution in [0.4, 0.5) is 0 Å². The van der Waals surface area contributed by atoms with Gasteiger partial charge in [0, 0.05) is 5.02 Å². The molecule has 0 spiro atoms. The zero-order valence-electron chi connectivity index (χ0n) is 6.24. The van der Waals surface area contributed by atoms with E-state index in [4.69, 9.17) is 11.6 Å². The fourth-order valence-electron chi connectivity index (χ4n) is 0.941. The van der Waals surface area contributed by atoms with Crippen LogP contribution in [0.15, 0.2) is 12.1 Å². The molecule has 0 N–H and O–H groups in total. The molecule has 0 unspecified atom stereocenters. The van der Waals surface area contributed by atoms with Crippen molar-refractivity contribution in [2.45, 2.75) is 13.8 Å². The number of hydrogen-bond donors (Lipinski definition) is 0. The molecular weight excluding hydrogens is 144 g/mol. The van der Waals surface area contributed by atoms with Gasteiger partial charge in [-0.2, -0.15) is 0 Å². The minimum Gasteiger partial charge on any atom is -0.0843 e. The van der Waals surface area contributed by atoms with Gasteiger partial charge in [0.15, 0.2) is 0 Å². The van der Waals surface area contributed by atoms with Gasteiger partial charge in [-0.05, 0) is 49.6 Å². The third kappa shape index (κ3) is 1.32. The van der Waals surface area contributed by atoms with Crippen molar-refractivity contribution in [2.24, 2.45) is 0 Å². The van der Waals surface area contributed by atoms with Crippen molar-refractivity contribution in [1.29, 1.82) is 0 Å². The number of rotatable bonds is 0.